The van der Waals surface area contributed by atoms with Crippen molar-refractivity contribution in [2.45, 2.75) is 18.9 Å². The van der Waals surface area contributed by atoms with E-state index in [0.717, 1.165) is 5.69 Å². The van der Waals surface area contributed by atoms with Crippen LogP contribution in [-0.4, -0.2) is 49.9 Å². The van der Waals surface area contributed by atoms with Gasteiger partial charge in [0.2, 0.25) is 0 Å². The van der Waals surface area contributed by atoms with E-state index in [2.05, 4.69) is 5.32 Å². The van der Waals surface area contributed by atoms with Crippen LogP contribution in [0.15, 0.2) is 42.5 Å². The summed E-state index contributed by atoms with van der Waals surface area (Å²) in [6.45, 7) is 1.17. The van der Waals surface area contributed by atoms with Crippen LogP contribution in [0.25, 0.3) is 0 Å². The molecule has 1 fully saturated rings. The number of halogens is 2. The number of hydrogen-bond acceptors (Lipinski definition) is 3. The van der Waals surface area contributed by atoms with Gasteiger partial charge in [0.15, 0.2) is 0 Å². The summed E-state index contributed by atoms with van der Waals surface area (Å²) < 4.78 is 0. The van der Waals surface area contributed by atoms with Crippen molar-refractivity contribution in [2.24, 2.45) is 0 Å². The molecule has 0 bridgehead atoms. The Labute approximate surface area is 175 Å². The first-order valence-corrected chi connectivity index (χ1v) is 9.93. The molecule has 0 spiro atoms. The molecule has 1 saturated heterocycles. The molecule has 0 radical (unpaired) electrons. The van der Waals surface area contributed by atoms with E-state index >= 15 is 0 Å². The number of nitrogens with zero attached hydrogens (tertiary/aromatic N) is 2. The lowest BCUT2D eigenvalue weighted by Gasteiger charge is -2.32. The van der Waals surface area contributed by atoms with Crippen molar-refractivity contribution in [3.05, 3.63) is 63.6 Å². The van der Waals surface area contributed by atoms with Crippen molar-refractivity contribution in [2.75, 3.05) is 32.1 Å². The predicted octanol–water partition coefficient (Wildman–Crippen LogP) is 4.09. The minimum atomic E-state index is -0.0837. The summed E-state index contributed by atoms with van der Waals surface area (Å²) in [5, 5.41) is 3.87. The van der Waals surface area contributed by atoms with E-state index in [1.165, 1.54) is 0 Å². The van der Waals surface area contributed by atoms with Gasteiger partial charge in [-0.25, -0.2) is 0 Å². The average molecular weight is 420 g/mol. The molecule has 28 heavy (non-hydrogen) atoms. The highest BCUT2D eigenvalue weighted by Crippen LogP contribution is 2.24. The molecule has 2 aromatic rings. The first-order chi connectivity index (χ1) is 13.3. The molecule has 148 valence electrons. The highest BCUT2D eigenvalue weighted by Gasteiger charge is 2.25. The molecule has 1 aliphatic heterocycles. The first-order valence-electron chi connectivity index (χ1n) is 9.17. The summed E-state index contributed by atoms with van der Waals surface area (Å²) in [5.41, 5.74) is 2.21. The zero-order valence-corrected chi connectivity index (χ0v) is 17.4. The lowest BCUT2D eigenvalue weighted by molar-refractivity contribution is 0.0698. The van der Waals surface area contributed by atoms with Crippen LogP contribution in [-0.2, 0) is 0 Å². The lowest BCUT2D eigenvalue weighted by Crippen LogP contribution is -2.46. The van der Waals surface area contributed by atoms with Gasteiger partial charge in [-0.2, -0.15) is 0 Å². The third-order valence-corrected chi connectivity index (χ3v) is 5.67. The molecule has 3 rings (SSSR count). The zero-order valence-electron chi connectivity index (χ0n) is 15.9. The van der Waals surface area contributed by atoms with Crippen LogP contribution < -0.4 is 10.2 Å². The quantitative estimate of drug-likeness (QED) is 0.811. The second-order valence-corrected chi connectivity index (χ2v) is 7.92. The number of anilines is 1. The maximum absolute atomic E-state index is 12.6. The number of carbonyl (C=O) groups excluding carboxylic acids is 2. The van der Waals surface area contributed by atoms with E-state index < -0.39 is 0 Å². The Morgan fingerprint density at radius 1 is 0.964 bits per heavy atom. The number of hydrogen-bond donors (Lipinski definition) is 1. The highest BCUT2D eigenvalue weighted by atomic mass is 35.5. The van der Waals surface area contributed by atoms with Crippen LogP contribution in [0, 0.1) is 0 Å². The van der Waals surface area contributed by atoms with E-state index in [-0.39, 0.29) is 17.9 Å². The molecule has 0 aromatic heterocycles. The van der Waals surface area contributed by atoms with E-state index in [4.69, 9.17) is 23.2 Å². The Bertz CT molecular complexity index is 860. The maximum atomic E-state index is 12.6. The Kier molecular flexibility index (Phi) is 6.47. The summed E-state index contributed by atoms with van der Waals surface area (Å²) in [6, 6.07) is 12.5. The van der Waals surface area contributed by atoms with Crippen LogP contribution in [0.3, 0.4) is 0 Å². The van der Waals surface area contributed by atoms with Gasteiger partial charge in [-0.3, -0.25) is 9.59 Å². The smallest absolute Gasteiger partial charge is 0.253 e. The molecular formula is C21H23Cl2N3O2. The minimum absolute atomic E-state index is 0.0545. The molecule has 5 nitrogen and oxygen atoms in total. The summed E-state index contributed by atoms with van der Waals surface area (Å²) in [7, 11) is 3.92. The molecule has 1 N–H and O–H groups in total. The first kappa shape index (κ1) is 20.5. The van der Waals surface area contributed by atoms with Crippen LogP contribution in [0.4, 0.5) is 5.69 Å². The topological polar surface area (TPSA) is 52.7 Å². The Morgan fingerprint density at radius 2 is 1.57 bits per heavy atom. The number of amides is 2. The Balaban J connectivity index is 1.54. The SMILES string of the molecule is CN(C)c1ccc(C(=O)NC2CCN(C(=O)c3ccc(Cl)c(Cl)c3)CC2)cc1. The monoisotopic (exact) mass is 419 g/mol. The fourth-order valence-corrected chi connectivity index (χ4v) is 3.52. The zero-order chi connectivity index (χ0) is 20.3. The fourth-order valence-electron chi connectivity index (χ4n) is 3.22. The predicted molar refractivity (Wildman–Crippen MR) is 114 cm³/mol. The molecule has 0 unspecified atom stereocenters. The van der Waals surface area contributed by atoms with Gasteiger partial charge < -0.3 is 15.1 Å². The summed E-state index contributed by atoms with van der Waals surface area (Å²) in [5.74, 6) is -0.151. The van der Waals surface area contributed by atoms with Gasteiger partial charge >= 0.3 is 0 Å². The van der Waals surface area contributed by atoms with Crippen molar-refractivity contribution in [3.63, 3.8) is 0 Å². The van der Waals surface area contributed by atoms with Crippen LogP contribution in [0.5, 0.6) is 0 Å². The third kappa shape index (κ3) is 4.78. The molecule has 0 saturated carbocycles. The Hall–Kier alpha value is -2.24. The summed E-state index contributed by atoms with van der Waals surface area (Å²) in [4.78, 5) is 28.9. The summed E-state index contributed by atoms with van der Waals surface area (Å²) in [6.07, 6.45) is 1.43. The second kappa shape index (κ2) is 8.84. The molecule has 0 atom stereocenters. The fraction of sp³-hybridized carbons (Fsp3) is 0.333. The minimum Gasteiger partial charge on any atom is -0.378 e. The molecule has 2 aromatic carbocycles. The van der Waals surface area contributed by atoms with Gasteiger partial charge in [-0.1, -0.05) is 23.2 Å². The third-order valence-electron chi connectivity index (χ3n) is 4.93. The molecule has 7 heteroatoms. The van der Waals surface area contributed by atoms with E-state index in [9.17, 15) is 9.59 Å². The number of likely N-dealkylation sites (tertiary alicyclic amines) is 1. The van der Waals surface area contributed by atoms with Crippen molar-refractivity contribution >= 4 is 40.7 Å². The average Bonchev–Trinajstić information content (AvgIpc) is 2.70. The van der Waals surface area contributed by atoms with E-state index in [1.807, 2.05) is 43.3 Å². The molecule has 0 aliphatic carbocycles. The van der Waals surface area contributed by atoms with Crippen molar-refractivity contribution < 1.29 is 9.59 Å². The van der Waals surface area contributed by atoms with Crippen molar-refractivity contribution in [3.8, 4) is 0 Å². The number of carbonyl (C=O) groups is 2. The molecule has 2 amide bonds. The summed E-state index contributed by atoms with van der Waals surface area (Å²) >= 11 is 11.9. The van der Waals surface area contributed by atoms with E-state index in [0.29, 0.717) is 47.1 Å². The largest absolute Gasteiger partial charge is 0.378 e. The second-order valence-electron chi connectivity index (χ2n) is 7.11. The van der Waals surface area contributed by atoms with Gasteiger partial charge in [0.05, 0.1) is 10.0 Å². The standard InChI is InChI=1S/C21H23Cl2N3O2/c1-25(2)17-6-3-14(4-7-17)20(27)24-16-9-11-26(12-10-16)21(28)15-5-8-18(22)19(23)13-15/h3-8,13,16H,9-12H2,1-2H3,(H,24,27). The van der Waals surface area contributed by atoms with Crippen molar-refractivity contribution in [1.82, 2.24) is 10.2 Å². The van der Waals surface area contributed by atoms with Gasteiger partial charge in [0, 0.05) is 50.0 Å². The van der Waals surface area contributed by atoms with Gasteiger partial charge in [-0.15, -0.1) is 0 Å². The molecule has 1 aliphatic rings. The van der Waals surface area contributed by atoms with Crippen molar-refractivity contribution in [1.29, 1.82) is 0 Å². The highest BCUT2D eigenvalue weighted by molar-refractivity contribution is 6.42. The number of benzene rings is 2. The van der Waals surface area contributed by atoms with Gasteiger partial charge in [-0.05, 0) is 55.3 Å². The van der Waals surface area contributed by atoms with Crippen LogP contribution in [0.2, 0.25) is 10.0 Å². The maximum Gasteiger partial charge on any atom is 0.253 e. The van der Waals surface area contributed by atoms with Crippen LogP contribution >= 0.6 is 23.2 Å². The number of piperidine rings is 1. The number of rotatable bonds is 4. The van der Waals surface area contributed by atoms with Gasteiger partial charge in [0.25, 0.3) is 11.8 Å². The Morgan fingerprint density at radius 3 is 2.14 bits per heavy atom. The molecular weight excluding hydrogens is 397 g/mol. The lowest BCUT2D eigenvalue weighted by atomic mass is 10.0. The van der Waals surface area contributed by atoms with Gasteiger partial charge in [0.1, 0.15) is 0 Å². The van der Waals surface area contributed by atoms with Crippen LogP contribution in [0.1, 0.15) is 33.6 Å². The normalized spacial score (nSPS) is 14.6. The van der Waals surface area contributed by atoms with E-state index in [1.54, 1.807) is 23.1 Å². The molecule has 1 heterocycles. The number of nitrogens with one attached hydrogen (secondary N) is 1.